The van der Waals surface area contributed by atoms with Crippen molar-refractivity contribution in [3.63, 3.8) is 0 Å². The van der Waals surface area contributed by atoms with Crippen LogP contribution in [0.5, 0.6) is 0 Å². The number of carbonyl (C=O) groups is 1. The first-order chi connectivity index (χ1) is 10.5. The zero-order valence-corrected chi connectivity index (χ0v) is 11.8. The predicted octanol–water partition coefficient (Wildman–Crippen LogP) is 3.50. The topological polar surface area (TPSA) is 56.1 Å². The number of hydrogen-bond acceptors (Lipinski definition) is 2. The smallest absolute Gasteiger partial charge is 0.322 e. The summed E-state index contributed by atoms with van der Waals surface area (Å²) in [5.74, 6) is -1.68. The third kappa shape index (κ3) is 3.58. The average molecular weight is 301 g/mol. The maximum Gasteiger partial charge on any atom is 0.322 e. The Kier molecular flexibility index (Phi) is 4.69. The van der Waals surface area contributed by atoms with Crippen molar-refractivity contribution in [2.45, 2.75) is 6.54 Å². The van der Waals surface area contributed by atoms with E-state index in [-0.39, 0.29) is 6.54 Å². The third-order valence-electron chi connectivity index (χ3n) is 3.02. The van der Waals surface area contributed by atoms with Gasteiger partial charge >= 0.3 is 6.03 Å². The fourth-order valence-electron chi connectivity index (χ4n) is 1.90. The average Bonchev–Trinajstić information content (AvgIpc) is 2.51. The van der Waals surface area contributed by atoms with E-state index in [0.29, 0.717) is 5.56 Å². The highest BCUT2D eigenvalue weighted by molar-refractivity contribution is 5.89. The van der Waals surface area contributed by atoms with Gasteiger partial charge in [0.05, 0.1) is 11.6 Å². The van der Waals surface area contributed by atoms with Crippen LogP contribution in [0, 0.1) is 23.0 Å². The Labute approximate surface area is 126 Å². The molecule has 0 radical (unpaired) electrons. The number of nitrogens with one attached hydrogen (secondary N) is 1. The summed E-state index contributed by atoms with van der Waals surface area (Å²) < 4.78 is 27.0. The molecular weight excluding hydrogens is 288 g/mol. The lowest BCUT2D eigenvalue weighted by atomic mass is 10.1. The van der Waals surface area contributed by atoms with Crippen molar-refractivity contribution >= 4 is 11.7 Å². The van der Waals surface area contributed by atoms with Gasteiger partial charge in [0, 0.05) is 13.6 Å². The molecule has 0 saturated carbocycles. The van der Waals surface area contributed by atoms with Gasteiger partial charge in [0.1, 0.15) is 17.3 Å². The van der Waals surface area contributed by atoms with Gasteiger partial charge in [-0.05, 0) is 29.8 Å². The Bertz CT molecular complexity index is 720. The predicted molar refractivity (Wildman–Crippen MR) is 78.0 cm³/mol. The molecule has 2 aromatic rings. The molecule has 2 rings (SSSR count). The van der Waals surface area contributed by atoms with Crippen molar-refractivity contribution in [2.24, 2.45) is 0 Å². The number of rotatable bonds is 3. The van der Waals surface area contributed by atoms with Crippen molar-refractivity contribution in [2.75, 3.05) is 12.4 Å². The number of anilines is 1. The minimum absolute atomic E-state index is 0.206. The molecule has 1 N–H and O–H groups in total. The van der Waals surface area contributed by atoms with E-state index in [2.05, 4.69) is 5.32 Å². The summed E-state index contributed by atoms with van der Waals surface area (Å²) in [6, 6.07) is 11.5. The van der Waals surface area contributed by atoms with Crippen LogP contribution < -0.4 is 5.32 Å². The van der Waals surface area contributed by atoms with Crippen LogP contribution in [0.4, 0.5) is 19.3 Å². The third-order valence-corrected chi connectivity index (χ3v) is 3.02. The molecule has 0 aliphatic heterocycles. The molecule has 0 atom stereocenters. The monoisotopic (exact) mass is 301 g/mol. The summed E-state index contributed by atoms with van der Waals surface area (Å²) in [6.07, 6.45) is 0. The van der Waals surface area contributed by atoms with E-state index in [4.69, 9.17) is 5.26 Å². The van der Waals surface area contributed by atoms with E-state index >= 15 is 0 Å². The second kappa shape index (κ2) is 6.68. The zero-order valence-electron chi connectivity index (χ0n) is 11.8. The standard InChI is InChI=1S/C16H13F2N3O/c1-21(10-12-5-2-4-11(8-12)9-19)16(22)20-15-13(17)6-3-7-14(15)18/h2-8H,10H2,1H3,(H,20,22). The number of amides is 2. The summed E-state index contributed by atoms with van der Waals surface area (Å²) >= 11 is 0. The van der Waals surface area contributed by atoms with Gasteiger partial charge in [-0.2, -0.15) is 5.26 Å². The van der Waals surface area contributed by atoms with E-state index in [0.717, 1.165) is 17.7 Å². The number of benzene rings is 2. The molecule has 2 aromatic carbocycles. The van der Waals surface area contributed by atoms with Crippen molar-refractivity contribution in [3.05, 3.63) is 65.2 Å². The normalized spacial score (nSPS) is 9.91. The van der Waals surface area contributed by atoms with Crippen LogP contribution in [-0.4, -0.2) is 18.0 Å². The van der Waals surface area contributed by atoms with Crippen molar-refractivity contribution < 1.29 is 13.6 Å². The molecule has 22 heavy (non-hydrogen) atoms. The van der Waals surface area contributed by atoms with E-state index in [9.17, 15) is 13.6 Å². The molecule has 112 valence electrons. The van der Waals surface area contributed by atoms with Gasteiger partial charge in [0.15, 0.2) is 0 Å². The first kappa shape index (κ1) is 15.4. The summed E-state index contributed by atoms with van der Waals surface area (Å²) in [7, 11) is 1.49. The first-order valence-corrected chi connectivity index (χ1v) is 6.46. The second-order valence-electron chi connectivity index (χ2n) is 4.70. The number of carbonyl (C=O) groups excluding carboxylic acids is 1. The van der Waals surface area contributed by atoms with Gasteiger partial charge in [0.25, 0.3) is 0 Å². The number of nitriles is 1. The molecule has 0 saturated heterocycles. The minimum Gasteiger partial charge on any atom is -0.323 e. The molecular formula is C16H13F2N3O. The molecule has 0 unspecified atom stereocenters. The molecule has 0 fully saturated rings. The maximum absolute atomic E-state index is 13.5. The molecule has 6 heteroatoms. The fourth-order valence-corrected chi connectivity index (χ4v) is 1.90. The summed E-state index contributed by atoms with van der Waals surface area (Å²) in [5, 5.41) is 11.0. The van der Waals surface area contributed by atoms with Gasteiger partial charge in [-0.25, -0.2) is 13.6 Å². The Balaban J connectivity index is 2.08. The van der Waals surface area contributed by atoms with Gasteiger partial charge in [0.2, 0.25) is 0 Å². The highest BCUT2D eigenvalue weighted by atomic mass is 19.1. The number of para-hydroxylation sites is 1. The highest BCUT2D eigenvalue weighted by Crippen LogP contribution is 2.18. The van der Waals surface area contributed by atoms with Crippen LogP contribution in [0.1, 0.15) is 11.1 Å². The molecule has 0 aromatic heterocycles. The molecule has 0 heterocycles. The van der Waals surface area contributed by atoms with Gasteiger partial charge in [-0.3, -0.25) is 0 Å². The number of nitrogens with zero attached hydrogens (tertiary/aromatic N) is 2. The van der Waals surface area contributed by atoms with Crippen molar-refractivity contribution in [1.29, 1.82) is 5.26 Å². The van der Waals surface area contributed by atoms with E-state index in [1.807, 2.05) is 6.07 Å². The Hall–Kier alpha value is -2.94. The van der Waals surface area contributed by atoms with Crippen molar-refractivity contribution in [1.82, 2.24) is 4.90 Å². The van der Waals surface area contributed by atoms with Crippen LogP contribution in [-0.2, 0) is 6.54 Å². The van der Waals surface area contributed by atoms with Crippen molar-refractivity contribution in [3.8, 4) is 6.07 Å². The summed E-state index contributed by atoms with van der Waals surface area (Å²) in [4.78, 5) is 13.3. The SMILES string of the molecule is CN(Cc1cccc(C#N)c1)C(=O)Nc1c(F)cccc1F. The lowest BCUT2D eigenvalue weighted by molar-refractivity contribution is 0.220. The van der Waals surface area contributed by atoms with E-state index in [1.165, 1.54) is 18.0 Å². The summed E-state index contributed by atoms with van der Waals surface area (Å²) in [5.41, 5.74) is 0.738. The second-order valence-corrected chi connectivity index (χ2v) is 4.70. The molecule has 0 spiro atoms. The molecule has 0 aliphatic rings. The Morgan fingerprint density at radius 1 is 1.23 bits per heavy atom. The highest BCUT2D eigenvalue weighted by Gasteiger charge is 2.15. The number of halogens is 2. The lowest BCUT2D eigenvalue weighted by Crippen LogP contribution is -2.31. The van der Waals surface area contributed by atoms with E-state index in [1.54, 1.807) is 24.3 Å². The van der Waals surface area contributed by atoms with Crippen LogP contribution in [0.25, 0.3) is 0 Å². The maximum atomic E-state index is 13.5. The molecule has 0 aliphatic carbocycles. The van der Waals surface area contributed by atoms with Gasteiger partial charge in [-0.1, -0.05) is 18.2 Å². The number of urea groups is 1. The molecule has 2 amide bonds. The Morgan fingerprint density at radius 2 is 1.86 bits per heavy atom. The molecule has 0 bridgehead atoms. The minimum atomic E-state index is -0.840. The Morgan fingerprint density at radius 3 is 2.50 bits per heavy atom. The summed E-state index contributed by atoms with van der Waals surface area (Å²) in [6.45, 7) is 0.206. The lowest BCUT2D eigenvalue weighted by Gasteiger charge is -2.18. The van der Waals surface area contributed by atoms with Crippen LogP contribution in [0.3, 0.4) is 0 Å². The number of hydrogen-bond donors (Lipinski definition) is 1. The van der Waals surface area contributed by atoms with Crippen LogP contribution in [0.15, 0.2) is 42.5 Å². The largest absolute Gasteiger partial charge is 0.323 e. The fraction of sp³-hybridized carbons (Fsp3) is 0.125. The first-order valence-electron chi connectivity index (χ1n) is 6.46. The zero-order chi connectivity index (χ0) is 16.1. The van der Waals surface area contributed by atoms with Crippen LogP contribution in [0.2, 0.25) is 0 Å². The molecule has 4 nitrogen and oxygen atoms in total. The van der Waals surface area contributed by atoms with Crippen LogP contribution >= 0.6 is 0 Å². The van der Waals surface area contributed by atoms with Gasteiger partial charge < -0.3 is 10.2 Å². The quantitative estimate of drug-likeness (QED) is 0.943. The van der Waals surface area contributed by atoms with E-state index < -0.39 is 23.4 Å². The van der Waals surface area contributed by atoms with Gasteiger partial charge in [-0.15, -0.1) is 0 Å².